The van der Waals surface area contributed by atoms with Gasteiger partial charge < -0.3 is 88.7 Å². The van der Waals surface area contributed by atoms with Gasteiger partial charge in [-0.2, -0.15) is 0 Å². The third kappa shape index (κ3) is 52.3. The number of rotatable bonds is 78. The van der Waals surface area contributed by atoms with Crippen LogP contribution < -0.4 is 0 Å². The van der Waals surface area contributed by atoms with E-state index in [1.165, 1.54) is 148 Å². The number of phosphoric ester groups is 1. The van der Waals surface area contributed by atoms with E-state index < -0.39 is 162 Å². The molecule has 1 aliphatic carbocycles. The molecule has 0 aromatic carbocycles. The molecule has 710 valence electrons. The summed E-state index contributed by atoms with van der Waals surface area (Å²) in [5, 5.41) is 103. The molecule has 25 nitrogen and oxygen atoms in total. The van der Waals surface area contributed by atoms with Crippen LogP contribution in [0.3, 0.4) is 0 Å². The molecule has 0 amide bonds. The van der Waals surface area contributed by atoms with Crippen molar-refractivity contribution in [1.29, 1.82) is 0 Å². The first-order valence-electron chi connectivity index (χ1n) is 48.9. The van der Waals surface area contributed by atoms with E-state index in [1.54, 1.807) is 0 Å². The first-order chi connectivity index (χ1) is 58.5. The Balaban J connectivity index is 1.93. The highest BCUT2D eigenvalue weighted by molar-refractivity contribution is 7.47. The van der Waals surface area contributed by atoms with Gasteiger partial charge in [0.1, 0.15) is 92.6 Å². The summed E-state index contributed by atoms with van der Waals surface area (Å²) in [6.07, 6.45) is 30.2. The average Bonchev–Trinajstić information content (AvgIpc) is 0.753. The molecule has 0 spiro atoms. The molecule has 0 bridgehead atoms. The van der Waals surface area contributed by atoms with Crippen molar-refractivity contribution in [1.82, 2.24) is 0 Å². The Hall–Kier alpha value is -3.05. The first-order valence-corrected chi connectivity index (χ1v) is 50.3. The lowest BCUT2D eigenvalue weighted by molar-refractivity contribution is -0.360. The van der Waals surface area contributed by atoms with Crippen LogP contribution in [-0.4, -0.2) is 205 Å². The van der Waals surface area contributed by atoms with Gasteiger partial charge in [-0.05, 0) is 88.9 Å². The van der Waals surface area contributed by atoms with Crippen LogP contribution in [0.4, 0.5) is 0 Å². The van der Waals surface area contributed by atoms with Crippen LogP contribution in [-0.2, 0) is 70.7 Å². The molecule has 0 aromatic rings. The zero-order chi connectivity index (χ0) is 88.5. The van der Waals surface area contributed by atoms with Gasteiger partial charge in [-0.25, -0.2) is 4.57 Å². The zero-order valence-electron chi connectivity index (χ0n) is 76.2. The minimum atomic E-state index is -5.82. The van der Waals surface area contributed by atoms with Crippen LogP contribution >= 0.6 is 7.82 Å². The minimum absolute atomic E-state index is 0.00891. The number of esters is 4. The number of ether oxygens (including phenoxy) is 8. The summed E-state index contributed by atoms with van der Waals surface area (Å²) in [4.78, 5) is 66.7. The van der Waals surface area contributed by atoms with Crippen molar-refractivity contribution >= 4 is 31.7 Å². The minimum Gasteiger partial charge on any atom is -0.463 e. The van der Waals surface area contributed by atoms with E-state index in [2.05, 4.69) is 65.8 Å². The highest BCUT2D eigenvalue weighted by Gasteiger charge is 2.60. The van der Waals surface area contributed by atoms with Crippen molar-refractivity contribution in [2.24, 2.45) is 11.8 Å². The molecule has 10 N–H and O–H groups in total. The lowest BCUT2D eigenvalue weighted by atomic mass is 9.84. The predicted molar refractivity (Wildman–Crippen MR) is 472 cm³/mol. The molecule has 3 aliphatic rings. The Morgan fingerprint density at radius 1 is 0.347 bits per heavy atom. The maximum atomic E-state index is 14.9. The van der Waals surface area contributed by atoms with Crippen molar-refractivity contribution in [2.45, 2.75) is 518 Å². The largest absolute Gasteiger partial charge is 0.472 e. The van der Waals surface area contributed by atoms with Crippen molar-refractivity contribution in [3.05, 3.63) is 24.3 Å². The fraction of sp³-hybridized carbons (Fsp3) is 0.916. The summed E-state index contributed by atoms with van der Waals surface area (Å²) < 4.78 is 73.7. The summed E-state index contributed by atoms with van der Waals surface area (Å²) in [6, 6.07) is 0. The van der Waals surface area contributed by atoms with E-state index in [0.717, 1.165) is 167 Å². The Labute approximate surface area is 730 Å². The molecule has 3 rings (SSSR count). The lowest BCUT2D eigenvalue weighted by Crippen LogP contribution is -2.70. The van der Waals surface area contributed by atoms with Crippen LogP contribution in [0.25, 0.3) is 0 Å². The number of allylic oxidation sites excluding steroid dienone is 4. The van der Waals surface area contributed by atoms with E-state index in [-0.39, 0.29) is 25.7 Å². The summed E-state index contributed by atoms with van der Waals surface area (Å²) in [5.74, 6) is -1.68. The van der Waals surface area contributed by atoms with Crippen molar-refractivity contribution in [3.8, 4) is 0 Å². The Kier molecular flexibility index (Phi) is 66.6. The number of carbonyl (C=O) groups is 4. The standard InChI is InChI=1S/C95H175O25P/c1-7-11-15-19-23-25-27-29-31-33-35-37-39-49-57-65-78(97)111-70-75(114-80(99)67-59-51-43-41-47-55-63-73(5)61-53-45-21-17-13-9-3)71-113-121(109,110)120-93-91(118-94-88(107)84(103)82(101)76(69-96)115-94)87(106)86(105)90(117-81(100)68-60-52-44-42-48-56-64-74(6)62-54-46-22-18-14-10-4)92(93)119-95-89(108)85(104)83(102)77(116-95)72-112-79(98)66-58-50-40-38-36-34-32-30-28-26-24-20-16-12-8-2/h25-28,73-77,82-96,101-108H,7-24,29-72H2,1-6H3,(H,109,110)/b27-25-,28-26-. The summed E-state index contributed by atoms with van der Waals surface area (Å²) in [5.41, 5.74) is 0. The topological polar surface area (TPSA) is 380 Å². The number of phosphoric acid groups is 1. The molecule has 26 heteroatoms. The molecule has 2 aliphatic heterocycles. The highest BCUT2D eigenvalue weighted by atomic mass is 31.2. The predicted octanol–water partition coefficient (Wildman–Crippen LogP) is 18.6. The van der Waals surface area contributed by atoms with Crippen LogP contribution in [0.15, 0.2) is 24.3 Å². The molecule has 2 heterocycles. The van der Waals surface area contributed by atoms with E-state index >= 15 is 0 Å². The van der Waals surface area contributed by atoms with Gasteiger partial charge in [0, 0.05) is 25.7 Å². The molecule has 3 fully saturated rings. The highest BCUT2D eigenvalue weighted by Crippen LogP contribution is 2.49. The molecular formula is C95H175O25P. The average molecular weight is 1750 g/mol. The SMILES string of the molecule is CCCCCC/C=C\CCCCCCCCCC(=O)OCC(COP(=O)(O)OC1C(OC2OC(CO)C(O)C(O)C2O)C(O)C(O)C(OC(=O)CCCCCCCCC(C)CCCCCCCC)C1OC1OC(COC(=O)CCCCCCCCC/C=C\CCCCCC)C(O)C(O)C1O)OC(=O)CCCCCCCCC(C)CCCCCCCC. The second-order valence-corrected chi connectivity index (χ2v) is 36.9. The van der Waals surface area contributed by atoms with Gasteiger partial charge in [-0.1, -0.05) is 336 Å². The monoisotopic (exact) mass is 1750 g/mol. The first kappa shape index (κ1) is 112. The number of unbranched alkanes of at least 4 members (excludes halogenated alkanes) is 42. The van der Waals surface area contributed by atoms with Gasteiger partial charge in [-0.15, -0.1) is 0 Å². The van der Waals surface area contributed by atoms with Crippen LogP contribution in [0.5, 0.6) is 0 Å². The fourth-order valence-electron chi connectivity index (χ4n) is 16.3. The summed E-state index contributed by atoms with van der Waals surface area (Å²) in [6.45, 7) is 10.2. The fourth-order valence-corrected chi connectivity index (χ4v) is 17.2. The van der Waals surface area contributed by atoms with Crippen molar-refractivity contribution in [3.63, 3.8) is 0 Å². The molecule has 121 heavy (non-hydrogen) atoms. The van der Waals surface area contributed by atoms with Gasteiger partial charge in [0.05, 0.1) is 13.2 Å². The third-order valence-electron chi connectivity index (χ3n) is 24.2. The molecule has 2 saturated heterocycles. The molecule has 1 saturated carbocycles. The van der Waals surface area contributed by atoms with Crippen molar-refractivity contribution < 1.29 is 122 Å². The van der Waals surface area contributed by atoms with E-state index in [0.29, 0.717) is 43.9 Å². The van der Waals surface area contributed by atoms with Crippen LogP contribution in [0.1, 0.15) is 414 Å². The van der Waals surface area contributed by atoms with Gasteiger partial charge in [0.15, 0.2) is 24.8 Å². The smallest absolute Gasteiger partial charge is 0.463 e. The third-order valence-corrected chi connectivity index (χ3v) is 25.2. The molecule has 20 atom stereocenters. The normalized spacial score (nSPS) is 25.2. The Bertz CT molecular complexity index is 2640. The van der Waals surface area contributed by atoms with E-state index in [1.807, 2.05) is 0 Å². The maximum Gasteiger partial charge on any atom is 0.472 e. The molecule has 0 aromatic heterocycles. The maximum absolute atomic E-state index is 14.9. The quantitative estimate of drug-likeness (QED) is 0.00889. The number of hydrogen-bond acceptors (Lipinski definition) is 24. The summed E-state index contributed by atoms with van der Waals surface area (Å²) in [7, 11) is -5.82. The van der Waals surface area contributed by atoms with Gasteiger partial charge in [0.2, 0.25) is 0 Å². The van der Waals surface area contributed by atoms with E-state index in [9.17, 15) is 74.6 Å². The van der Waals surface area contributed by atoms with Crippen LogP contribution in [0, 0.1) is 11.8 Å². The van der Waals surface area contributed by atoms with Crippen molar-refractivity contribution in [2.75, 3.05) is 26.4 Å². The van der Waals surface area contributed by atoms with E-state index in [4.69, 9.17) is 46.9 Å². The molecule has 0 radical (unpaired) electrons. The lowest BCUT2D eigenvalue weighted by Gasteiger charge is -2.50. The second-order valence-electron chi connectivity index (χ2n) is 35.5. The van der Waals surface area contributed by atoms with Gasteiger partial charge in [-0.3, -0.25) is 28.2 Å². The number of hydrogen-bond donors (Lipinski definition) is 10. The number of aliphatic hydroxyl groups is 9. The Morgan fingerprint density at radius 2 is 0.669 bits per heavy atom. The summed E-state index contributed by atoms with van der Waals surface area (Å²) >= 11 is 0. The molecule has 20 unspecified atom stereocenters. The van der Waals surface area contributed by atoms with Gasteiger partial charge in [0.25, 0.3) is 0 Å². The van der Waals surface area contributed by atoms with Crippen LogP contribution in [0.2, 0.25) is 0 Å². The Morgan fingerprint density at radius 3 is 1.07 bits per heavy atom. The zero-order valence-corrected chi connectivity index (χ0v) is 77.1. The number of aliphatic hydroxyl groups excluding tert-OH is 9. The molecular weight excluding hydrogens is 1570 g/mol. The van der Waals surface area contributed by atoms with Gasteiger partial charge >= 0.3 is 31.7 Å². The second kappa shape index (κ2) is 71.8. The number of carbonyl (C=O) groups excluding carboxylic acids is 4.